The molecular weight excluding hydrogens is 309 g/mol. The van der Waals surface area contributed by atoms with Crippen LogP contribution in [-0.4, -0.2) is 42.5 Å². The van der Waals surface area contributed by atoms with E-state index >= 15 is 0 Å². The number of nitrogens with zero attached hydrogens (tertiary/aromatic N) is 2. The molecule has 5 nitrogen and oxygen atoms in total. The Morgan fingerprint density at radius 1 is 1.33 bits per heavy atom. The minimum absolute atomic E-state index is 0.127. The van der Waals surface area contributed by atoms with Crippen molar-refractivity contribution in [2.75, 3.05) is 26.7 Å². The summed E-state index contributed by atoms with van der Waals surface area (Å²) < 4.78 is 18.8. The van der Waals surface area contributed by atoms with Gasteiger partial charge in [-0.25, -0.2) is 4.39 Å². The number of hydrogen-bond donors (Lipinski definition) is 1. The van der Waals surface area contributed by atoms with E-state index < -0.39 is 0 Å². The Morgan fingerprint density at radius 3 is 2.79 bits per heavy atom. The van der Waals surface area contributed by atoms with E-state index in [1.165, 1.54) is 12.1 Å². The van der Waals surface area contributed by atoms with Crippen LogP contribution in [0.1, 0.15) is 27.7 Å². The van der Waals surface area contributed by atoms with E-state index in [2.05, 4.69) is 15.2 Å². The van der Waals surface area contributed by atoms with Crippen molar-refractivity contribution in [1.29, 1.82) is 0 Å². The molecule has 1 aliphatic rings. The van der Waals surface area contributed by atoms with Gasteiger partial charge in [-0.2, -0.15) is 0 Å². The number of morpholine rings is 1. The summed E-state index contributed by atoms with van der Waals surface area (Å²) in [6.07, 6.45) is 1.44. The third-order valence-electron chi connectivity index (χ3n) is 4.08. The molecular formula is C18H20FN3O2. The van der Waals surface area contributed by atoms with E-state index in [0.717, 1.165) is 24.3 Å². The third kappa shape index (κ3) is 3.96. The largest absolute Gasteiger partial charge is 0.369 e. The summed E-state index contributed by atoms with van der Waals surface area (Å²) in [5, 5.41) is 2.57. The molecule has 2 heterocycles. The molecule has 0 bridgehead atoms. The number of carbonyl (C=O) groups excluding carboxylic acids is 1. The maximum atomic E-state index is 13.0. The summed E-state index contributed by atoms with van der Waals surface area (Å²) in [4.78, 5) is 18.2. The minimum atomic E-state index is -0.223. The molecule has 1 saturated heterocycles. The van der Waals surface area contributed by atoms with Crippen LogP contribution in [0.4, 0.5) is 4.39 Å². The van der Waals surface area contributed by atoms with E-state index in [-0.39, 0.29) is 17.8 Å². The Bertz CT molecular complexity index is 688. The van der Waals surface area contributed by atoms with Gasteiger partial charge in [0.1, 0.15) is 11.9 Å². The molecule has 3 rings (SSSR count). The third-order valence-corrected chi connectivity index (χ3v) is 4.08. The summed E-state index contributed by atoms with van der Waals surface area (Å²) in [6.45, 7) is 2.90. The first-order chi connectivity index (χ1) is 11.7. The molecule has 1 atom stereocenters. The molecule has 1 aliphatic heterocycles. The predicted octanol–water partition coefficient (Wildman–Crippen LogP) is 2.15. The van der Waals surface area contributed by atoms with Crippen molar-refractivity contribution in [3.05, 3.63) is 65.2 Å². The molecule has 1 fully saturated rings. The molecule has 6 heteroatoms. The van der Waals surface area contributed by atoms with Gasteiger partial charge in [0.15, 0.2) is 0 Å². The minimum Gasteiger partial charge on any atom is -0.369 e. The SMILES string of the molecule is CNC(=O)c1ccc([C@H]2CN(Cc3ccc(F)cc3)CCO2)nc1. The van der Waals surface area contributed by atoms with Crippen molar-refractivity contribution in [2.24, 2.45) is 0 Å². The lowest BCUT2D eigenvalue weighted by Crippen LogP contribution is -2.38. The Kier molecular flexibility index (Phi) is 5.17. The number of pyridine rings is 1. The number of amides is 1. The fourth-order valence-corrected chi connectivity index (χ4v) is 2.75. The van der Waals surface area contributed by atoms with Crippen LogP contribution >= 0.6 is 0 Å². The normalized spacial score (nSPS) is 18.3. The van der Waals surface area contributed by atoms with E-state index in [9.17, 15) is 9.18 Å². The molecule has 0 aliphatic carbocycles. The summed E-state index contributed by atoms with van der Waals surface area (Å²) in [7, 11) is 1.59. The van der Waals surface area contributed by atoms with Gasteiger partial charge >= 0.3 is 0 Å². The summed E-state index contributed by atoms with van der Waals surface area (Å²) in [5.41, 5.74) is 2.41. The van der Waals surface area contributed by atoms with Crippen LogP contribution in [0.5, 0.6) is 0 Å². The lowest BCUT2D eigenvalue weighted by Gasteiger charge is -2.32. The van der Waals surface area contributed by atoms with Crippen LogP contribution in [-0.2, 0) is 11.3 Å². The van der Waals surface area contributed by atoms with E-state index in [1.54, 1.807) is 31.4 Å². The number of benzene rings is 1. The van der Waals surface area contributed by atoms with Crippen LogP contribution in [0.15, 0.2) is 42.6 Å². The summed E-state index contributed by atoms with van der Waals surface area (Å²) in [5.74, 6) is -0.379. The van der Waals surface area contributed by atoms with Gasteiger partial charge in [0.2, 0.25) is 0 Å². The first kappa shape index (κ1) is 16.5. The molecule has 0 spiro atoms. The first-order valence-corrected chi connectivity index (χ1v) is 7.92. The van der Waals surface area contributed by atoms with Crippen molar-refractivity contribution < 1.29 is 13.9 Å². The second-order valence-corrected chi connectivity index (χ2v) is 5.77. The number of halogens is 1. The Labute approximate surface area is 140 Å². The average Bonchev–Trinajstić information content (AvgIpc) is 2.63. The molecule has 0 unspecified atom stereocenters. The number of nitrogens with one attached hydrogen (secondary N) is 1. The van der Waals surface area contributed by atoms with Crippen LogP contribution in [0.2, 0.25) is 0 Å². The molecule has 1 amide bonds. The van der Waals surface area contributed by atoms with Crippen LogP contribution < -0.4 is 5.32 Å². The van der Waals surface area contributed by atoms with Crippen LogP contribution in [0.3, 0.4) is 0 Å². The maximum Gasteiger partial charge on any atom is 0.252 e. The van der Waals surface area contributed by atoms with E-state index in [0.29, 0.717) is 18.7 Å². The number of ether oxygens (including phenoxy) is 1. The van der Waals surface area contributed by atoms with Gasteiger partial charge < -0.3 is 10.1 Å². The Balaban J connectivity index is 1.64. The fourth-order valence-electron chi connectivity index (χ4n) is 2.75. The Hall–Kier alpha value is -2.31. The number of aromatic nitrogens is 1. The van der Waals surface area contributed by atoms with Crippen molar-refractivity contribution in [3.63, 3.8) is 0 Å². The summed E-state index contributed by atoms with van der Waals surface area (Å²) >= 11 is 0. The van der Waals surface area contributed by atoms with Gasteiger partial charge in [0.25, 0.3) is 5.91 Å². The highest BCUT2D eigenvalue weighted by Gasteiger charge is 2.23. The fraction of sp³-hybridized carbons (Fsp3) is 0.333. The Morgan fingerprint density at radius 2 is 2.12 bits per heavy atom. The average molecular weight is 329 g/mol. The molecule has 0 saturated carbocycles. The highest BCUT2D eigenvalue weighted by molar-refractivity contribution is 5.93. The van der Waals surface area contributed by atoms with Crippen molar-refractivity contribution in [3.8, 4) is 0 Å². The van der Waals surface area contributed by atoms with Crippen molar-refractivity contribution in [1.82, 2.24) is 15.2 Å². The van der Waals surface area contributed by atoms with Crippen molar-refractivity contribution in [2.45, 2.75) is 12.6 Å². The maximum absolute atomic E-state index is 13.0. The van der Waals surface area contributed by atoms with Gasteiger partial charge in [0.05, 0.1) is 17.9 Å². The first-order valence-electron chi connectivity index (χ1n) is 7.92. The van der Waals surface area contributed by atoms with E-state index in [1.807, 2.05) is 6.07 Å². The summed E-state index contributed by atoms with van der Waals surface area (Å²) in [6, 6.07) is 10.1. The molecule has 126 valence electrons. The molecule has 1 N–H and O–H groups in total. The van der Waals surface area contributed by atoms with Crippen molar-refractivity contribution >= 4 is 5.91 Å². The topological polar surface area (TPSA) is 54.5 Å². The zero-order chi connectivity index (χ0) is 16.9. The zero-order valence-corrected chi connectivity index (χ0v) is 13.5. The number of carbonyl (C=O) groups is 1. The van der Waals surface area contributed by atoms with Gasteiger partial charge in [-0.05, 0) is 29.8 Å². The lowest BCUT2D eigenvalue weighted by atomic mass is 10.1. The predicted molar refractivity (Wildman–Crippen MR) is 88.0 cm³/mol. The molecule has 1 aromatic carbocycles. The second-order valence-electron chi connectivity index (χ2n) is 5.77. The lowest BCUT2D eigenvalue weighted by molar-refractivity contribution is -0.0350. The molecule has 2 aromatic rings. The van der Waals surface area contributed by atoms with Gasteiger partial charge in [0, 0.05) is 32.9 Å². The smallest absolute Gasteiger partial charge is 0.252 e. The quantitative estimate of drug-likeness (QED) is 0.934. The monoisotopic (exact) mass is 329 g/mol. The number of rotatable bonds is 4. The zero-order valence-electron chi connectivity index (χ0n) is 13.5. The van der Waals surface area contributed by atoms with E-state index in [4.69, 9.17) is 4.74 Å². The number of hydrogen-bond acceptors (Lipinski definition) is 4. The van der Waals surface area contributed by atoms with Crippen LogP contribution in [0.25, 0.3) is 0 Å². The molecule has 0 radical (unpaired) electrons. The molecule has 24 heavy (non-hydrogen) atoms. The standard InChI is InChI=1S/C18H20FN3O2/c1-20-18(23)14-4-7-16(21-10-14)17-12-22(8-9-24-17)11-13-2-5-15(19)6-3-13/h2-7,10,17H,8-9,11-12H2,1H3,(H,20,23)/t17-/m1/s1. The van der Waals surface area contributed by atoms with Crippen LogP contribution in [0, 0.1) is 5.82 Å². The molecule has 1 aromatic heterocycles. The van der Waals surface area contributed by atoms with Gasteiger partial charge in [-0.15, -0.1) is 0 Å². The second kappa shape index (κ2) is 7.51. The highest BCUT2D eigenvalue weighted by Crippen LogP contribution is 2.22. The van der Waals surface area contributed by atoms with Gasteiger partial charge in [-0.1, -0.05) is 12.1 Å². The van der Waals surface area contributed by atoms with Gasteiger partial charge in [-0.3, -0.25) is 14.7 Å². The highest BCUT2D eigenvalue weighted by atomic mass is 19.1.